The molecule has 0 unspecified atom stereocenters. The maximum absolute atomic E-state index is 13.6. The molecule has 5 nitrogen and oxygen atoms in total. The van der Waals surface area contributed by atoms with Crippen molar-refractivity contribution in [3.8, 4) is 0 Å². The molecule has 4 rings (SSSR count). The molecule has 1 amide bonds. The van der Waals surface area contributed by atoms with Crippen molar-refractivity contribution in [2.45, 2.75) is 64.1 Å². The summed E-state index contributed by atoms with van der Waals surface area (Å²) < 4.78 is 2.05. The Kier molecular flexibility index (Phi) is 6.80. The number of fused-ring (bicyclic) bond motifs is 1. The minimum Gasteiger partial charge on any atom is -0.396 e. The Morgan fingerprint density at radius 1 is 1.03 bits per heavy atom. The molecule has 0 saturated heterocycles. The molecule has 3 aromatic rings. The Labute approximate surface area is 178 Å². The first-order valence-corrected chi connectivity index (χ1v) is 11.1. The minimum atomic E-state index is 0.124. The van der Waals surface area contributed by atoms with Gasteiger partial charge in [-0.3, -0.25) is 4.79 Å². The third-order valence-electron chi connectivity index (χ3n) is 6.12. The molecule has 1 saturated carbocycles. The van der Waals surface area contributed by atoms with Crippen LogP contribution >= 0.6 is 0 Å². The molecular formula is C25H31N3O2. The largest absolute Gasteiger partial charge is 0.396 e. The van der Waals surface area contributed by atoms with Crippen molar-refractivity contribution in [2.75, 3.05) is 6.61 Å². The zero-order chi connectivity index (χ0) is 20.8. The van der Waals surface area contributed by atoms with E-state index in [1.54, 1.807) is 0 Å². The van der Waals surface area contributed by atoms with Crippen molar-refractivity contribution >= 4 is 16.9 Å². The highest BCUT2D eigenvalue weighted by molar-refractivity contribution is 5.81. The van der Waals surface area contributed by atoms with E-state index in [0.29, 0.717) is 32.0 Å². The van der Waals surface area contributed by atoms with Crippen molar-refractivity contribution in [1.82, 2.24) is 14.5 Å². The number of hydrogen-bond donors (Lipinski definition) is 1. The molecule has 0 aliphatic heterocycles. The third-order valence-corrected chi connectivity index (χ3v) is 6.12. The highest BCUT2D eigenvalue weighted by atomic mass is 16.3. The van der Waals surface area contributed by atoms with E-state index in [0.717, 1.165) is 29.7 Å². The fourth-order valence-electron chi connectivity index (χ4n) is 4.55. The second kappa shape index (κ2) is 9.90. The summed E-state index contributed by atoms with van der Waals surface area (Å²) in [5, 5.41) is 9.29. The van der Waals surface area contributed by atoms with Crippen LogP contribution in [0.5, 0.6) is 0 Å². The average Bonchev–Trinajstić information content (AvgIpc) is 3.14. The lowest BCUT2D eigenvalue weighted by molar-refractivity contribution is -0.135. The maximum Gasteiger partial charge on any atom is 0.243 e. The van der Waals surface area contributed by atoms with Crippen molar-refractivity contribution in [3.05, 3.63) is 66.0 Å². The van der Waals surface area contributed by atoms with Crippen LogP contribution in [0, 0.1) is 0 Å². The first-order chi connectivity index (χ1) is 14.8. The van der Waals surface area contributed by atoms with Gasteiger partial charge in [0.25, 0.3) is 0 Å². The normalized spacial score (nSPS) is 14.8. The van der Waals surface area contributed by atoms with Gasteiger partial charge >= 0.3 is 0 Å². The molecule has 1 N–H and O–H groups in total. The van der Waals surface area contributed by atoms with Crippen LogP contribution in [0.1, 0.15) is 49.9 Å². The zero-order valence-electron chi connectivity index (χ0n) is 17.5. The van der Waals surface area contributed by atoms with Crippen molar-refractivity contribution in [3.63, 3.8) is 0 Å². The van der Waals surface area contributed by atoms with Crippen molar-refractivity contribution in [2.24, 2.45) is 0 Å². The molecule has 0 bridgehead atoms. The van der Waals surface area contributed by atoms with E-state index >= 15 is 0 Å². The molecule has 5 heteroatoms. The molecule has 1 aliphatic rings. The molecule has 1 aromatic heterocycles. The summed E-state index contributed by atoms with van der Waals surface area (Å²) in [6.07, 6.45) is 7.13. The fourth-order valence-corrected chi connectivity index (χ4v) is 4.55. The van der Waals surface area contributed by atoms with Gasteiger partial charge in [0.1, 0.15) is 12.4 Å². The van der Waals surface area contributed by atoms with Gasteiger partial charge in [0.15, 0.2) is 0 Å². The number of rotatable bonds is 8. The van der Waals surface area contributed by atoms with Gasteiger partial charge in [0.2, 0.25) is 5.91 Å². The average molecular weight is 406 g/mol. The highest BCUT2D eigenvalue weighted by Gasteiger charge is 2.26. The lowest BCUT2D eigenvalue weighted by atomic mass is 9.93. The zero-order valence-corrected chi connectivity index (χ0v) is 17.5. The first kappa shape index (κ1) is 20.6. The summed E-state index contributed by atoms with van der Waals surface area (Å²) in [7, 11) is 0. The maximum atomic E-state index is 13.6. The van der Waals surface area contributed by atoms with Gasteiger partial charge in [-0.2, -0.15) is 0 Å². The Morgan fingerprint density at radius 3 is 2.53 bits per heavy atom. The topological polar surface area (TPSA) is 58.4 Å². The second-order valence-electron chi connectivity index (χ2n) is 8.23. The number of benzene rings is 2. The molecule has 0 atom stereocenters. The number of aliphatic hydroxyl groups is 1. The van der Waals surface area contributed by atoms with Crippen LogP contribution in [0.2, 0.25) is 0 Å². The molecule has 30 heavy (non-hydrogen) atoms. The Morgan fingerprint density at radius 2 is 1.77 bits per heavy atom. The number of hydrogen-bond acceptors (Lipinski definition) is 3. The summed E-state index contributed by atoms with van der Waals surface area (Å²) >= 11 is 0. The standard InChI is InChI=1S/C25H31N3O2/c29-17-9-16-24-26-22-14-7-8-15-23(22)28(24)19-25(30)27(21-12-5-2-6-13-21)18-20-10-3-1-4-11-20/h1,3-4,7-8,10-11,14-15,21,29H,2,5-6,9,12-13,16-19H2. The van der Waals surface area contributed by atoms with E-state index in [1.165, 1.54) is 24.8 Å². The van der Waals surface area contributed by atoms with Gasteiger partial charge in [0.05, 0.1) is 11.0 Å². The summed E-state index contributed by atoms with van der Waals surface area (Å²) in [4.78, 5) is 20.4. The number of aliphatic hydroxyl groups excluding tert-OH is 1. The van der Waals surface area contributed by atoms with Gasteiger partial charge in [-0.15, -0.1) is 0 Å². The Hall–Kier alpha value is -2.66. The van der Waals surface area contributed by atoms with Gasteiger partial charge in [-0.05, 0) is 37.0 Å². The Balaban J connectivity index is 1.61. The van der Waals surface area contributed by atoms with Crippen molar-refractivity contribution in [1.29, 1.82) is 0 Å². The number of para-hydroxylation sites is 2. The van der Waals surface area contributed by atoms with E-state index in [2.05, 4.69) is 17.0 Å². The van der Waals surface area contributed by atoms with Crippen molar-refractivity contribution < 1.29 is 9.90 Å². The van der Waals surface area contributed by atoms with Crippen LogP contribution in [0.3, 0.4) is 0 Å². The number of carbonyl (C=O) groups excluding carboxylic acids is 1. The second-order valence-corrected chi connectivity index (χ2v) is 8.23. The predicted octanol–water partition coefficient (Wildman–Crippen LogP) is 4.32. The predicted molar refractivity (Wildman–Crippen MR) is 119 cm³/mol. The van der Waals surface area contributed by atoms with Crippen LogP contribution in [-0.4, -0.2) is 38.1 Å². The minimum absolute atomic E-state index is 0.124. The number of aromatic nitrogens is 2. The van der Waals surface area contributed by atoms with Crippen LogP contribution in [0.25, 0.3) is 11.0 Å². The van der Waals surface area contributed by atoms with Gasteiger partial charge in [-0.1, -0.05) is 61.7 Å². The van der Waals surface area contributed by atoms with E-state index in [4.69, 9.17) is 4.98 Å². The number of nitrogens with zero attached hydrogens (tertiary/aromatic N) is 3. The quantitative estimate of drug-likeness (QED) is 0.607. The number of carbonyl (C=O) groups is 1. The lowest BCUT2D eigenvalue weighted by Crippen LogP contribution is -2.42. The smallest absolute Gasteiger partial charge is 0.243 e. The van der Waals surface area contributed by atoms with Crippen LogP contribution in [0.15, 0.2) is 54.6 Å². The third kappa shape index (κ3) is 4.73. The summed E-state index contributed by atoms with van der Waals surface area (Å²) in [6.45, 7) is 1.08. The molecule has 0 spiro atoms. The number of aryl methyl sites for hydroxylation is 1. The van der Waals surface area contributed by atoms with E-state index in [-0.39, 0.29) is 12.5 Å². The van der Waals surface area contributed by atoms with Crippen LogP contribution in [0.4, 0.5) is 0 Å². The molecule has 2 aromatic carbocycles. The van der Waals surface area contributed by atoms with Crippen LogP contribution in [-0.2, 0) is 24.3 Å². The van der Waals surface area contributed by atoms with E-state index < -0.39 is 0 Å². The van der Waals surface area contributed by atoms with Gasteiger partial charge < -0.3 is 14.6 Å². The van der Waals surface area contributed by atoms with E-state index in [9.17, 15) is 9.90 Å². The lowest BCUT2D eigenvalue weighted by Gasteiger charge is -2.35. The molecular weight excluding hydrogens is 374 g/mol. The number of amides is 1. The van der Waals surface area contributed by atoms with Gasteiger partial charge in [-0.25, -0.2) is 4.98 Å². The molecule has 1 fully saturated rings. The van der Waals surface area contributed by atoms with Gasteiger partial charge in [0, 0.05) is 25.6 Å². The molecule has 1 heterocycles. The Bertz CT molecular complexity index is 961. The summed E-state index contributed by atoms with van der Waals surface area (Å²) in [5.74, 6) is 1.03. The summed E-state index contributed by atoms with van der Waals surface area (Å²) in [5.41, 5.74) is 3.07. The SMILES string of the molecule is O=C(Cn1c(CCCO)nc2ccccc21)N(Cc1ccccc1)C1CCCCC1. The fraction of sp³-hybridized carbons (Fsp3) is 0.440. The van der Waals surface area contributed by atoms with Crippen LogP contribution < -0.4 is 0 Å². The number of imidazole rings is 1. The summed E-state index contributed by atoms with van der Waals surface area (Å²) in [6, 6.07) is 18.6. The first-order valence-electron chi connectivity index (χ1n) is 11.1. The van der Waals surface area contributed by atoms with E-state index in [1.807, 2.05) is 47.0 Å². The highest BCUT2D eigenvalue weighted by Crippen LogP contribution is 2.25. The monoisotopic (exact) mass is 405 g/mol. The molecule has 158 valence electrons. The molecule has 1 aliphatic carbocycles. The molecule has 0 radical (unpaired) electrons.